The lowest BCUT2D eigenvalue weighted by molar-refractivity contribution is 0.0996. The molecule has 1 N–H and O–H groups in total. The van der Waals surface area contributed by atoms with Crippen LogP contribution in [0.4, 0.5) is 5.69 Å². The van der Waals surface area contributed by atoms with Crippen molar-refractivity contribution >= 4 is 11.6 Å². The average molecular weight is 229 g/mol. The maximum absolute atomic E-state index is 11.9. The summed E-state index contributed by atoms with van der Waals surface area (Å²) in [7, 11) is 0. The van der Waals surface area contributed by atoms with Crippen LogP contribution in [0.5, 0.6) is 0 Å². The van der Waals surface area contributed by atoms with E-state index in [0.717, 1.165) is 16.8 Å². The van der Waals surface area contributed by atoms with Crippen LogP contribution in [-0.4, -0.2) is 5.91 Å². The van der Waals surface area contributed by atoms with Crippen LogP contribution in [0.1, 0.15) is 27.2 Å². The zero-order valence-electron chi connectivity index (χ0n) is 10.2. The van der Waals surface area contributed by atoms with Crippen LogP contribution in [0.3, 0.4) is 0 Å². The number of hydrogen-bond donors (Lipinski definition) is 1. The van der Waals surface area contributed by atoms with Crippen LogP contribution in [0.25, 0.3) is 0 Å². The average Bonchev–Trinajstić information content (AvgIpc) is 2.69. The van der Waals surface area contributed by atoms with Gasteiger partial charge in [-0.3, -0.25) is 4.79 Å². The number of carbonyl (C=O) groups excluding carboxylic acids is 1. The summed E-state index contributed by atoms with van der Waals surface area (Å²) in [5.74, 6) is 0.118. The fraction of sp³-hybridized carbons (Fsp3) is 0.214. The van der Waals surface area contributed by atoms with E-state index in [1.54, 1.807) is 12.3 Å². The number of rotatable bonds is 2. The first-order chi connectivity index (χ1) is 8.06. The Bertz CT molecular complexity index is 555. The number of hydrogen-bond acceptors (Lipinski definition) is 2. The first-order valence-corrected chi connectivity index (χ1v) is 5.50. The quantitative estimate of drug-likeness (QED) is 0.856. The molecule has 1 aromatic carbocycles. The van der Waals surface area contributed by atoms with E-state index in [1.807, 2.05) is 39.0 Å². The third kappa shape index (κ3) is 2.56. The van der Waals surface area contributed by atoms with Crippen molar-refractivity contribution in [2.75, 3.05) is 5.32 Å². The SMILES string of the molecule is Cc1coc(C(=O)Nc2ccc(C)cc2C)c1. The predicted octanol–water partition coefficient (Wildman–Crippen LogP) is 3.46. The van der Waals surface area contributed by atoms with Crippen LogP contribution >= 0.6 is 0 Å². The van der Waals surface area contributed by atoms with Gasteiger partial charge < -0.3 is 9.73 Å². The van der Waals surface area contributed by atoms with E-state index in [1.165, 1.54) is 5.56 Å². The minimum atomic E-state index is -0.218. The minimum Gasteiger partial charge on any atom is -0.459 e. The normalized spacial score (nSPS) is 10.3. The van der Waals surface area contributed by atoms with Gasteiger partial charge in [0.15, 0.2) is 5.76 Å². The number of amides is 1. The molecule has 1 aromatic heterocycles. The van der Waals surface area contributed by atoms with Gasteiger partial charge >= 0.3 is 0 Å². The van der Waals surface area contributed by atoms with Crippen molar-refractivity contribution in [3.63, 3.8) is 0 Å². The van der Waals surface area contributed by atoms with E-state index in [4.69, 9.17) is 4.42 Å². The Kier molecular flexibility index (Phi) is 3.00. The third-order valence-electron chi connectivity index (χ3n) is 2.58. The molecule has 0 bridgehead atoms. The van der Waals surface area contributed by atoms with Gasteiger partial charge in [0.25, 0.3) is 5.91 Å². The van der Waals surface area contributed by atoms with E-state index in [2.05, 4.69) is 5.32 Å². The lowest BCUT2D eigenvalue weighted by Gasteiger charge is -2.07. The molecule has 2 rings (SSSR count). The molecule has 0 atom stereocenters. The van der Waals surface area contributed by atoms with Gasteiger partial charge in [0.2, 0.25) is 0 Å². The molecule has 1 heterocycles. The highest BCUT2D eigenvalue weighted by Gasteiger charge is 2.11. The third-order valence-corrected chi connectivity index (χ3v) is 2.58. The van der Waals surface area contributed by atoms with E-state index in [0.29, 0.717) is 5.76 Å². The first-order valence-electron chi connectivity index (χ1n) is 5.50. The van der Waals surface area contributed by atoms with Crippen molar-refractivity contribution in [1.82, 2.24) is 0 Å². The molecule has 0 spiro atoms. The number of benzene rings is 1. The Morgan fingerprint density at radius 2 is 1.88 bits per heavy atom. The Labute approximate surface area is 100 Å². The van der Waals surface area contributed by atoms with Gasteiger partial charge in [0.05, 0.1) is 6.26 Å². The highest BCUT2D eigenvalue weighted by molar-refractivity contribution is 6.02. The second-order valence-corrected chi connectivity index (χ2v) is 4.26. The molecule has 0 aliphatic heterocycles. The molecule has 0 radical (unpaired) electrons. The molecular weight excluding hydrogens is 214 g/mol. The molecule has 0 unspecified atom stereocenters. The zero-order valence-corrected chi connectivity index (χ0v) is 10.2. The van der Waals surface area contributed by atoms with Crippen LogP contribution in [0.15, 0.2) is 34.9 Å². The molecule has 3 nitrogen and oxygen atoms in total. The predicted molar refractivity (Wildman–Crippen MR) is 67.3 cm³/mol. The monoisotopic (exact) mass is 229 g/mol. The number of anilines is 1. The van der Waals surface area contributed by atoms with Crippen LogP contribution in [0.2, 0.25) is 0 Å². The summed E-state index contributed by atoms with van der Waals surface area (Å²) in [4.78, 5) is 11.9. The molecular formula is C14H15NO2. The van der Waals surface area contributed by atoms with Crippen molar-refractivity contribution in [3.8, 4) is 0 Å². The largest absolute Gasteiger partial charge is 0.459 e. The number of furan rings is 1. The molecule has 0 aliphatic rings. The van der Waals surface area contributed by atoms with Crippen molar-refractivity contribution in [1.29, 1.82) is 0 Å². The summed E-state index contributed by atoms with van der Waals surface area (Å²) in [6, 6.07) is 7.62. The van der Waals surface area contributed by atoms with Crippen molar-refractivity contribution in [2.24, 2.45) is 0 Å². The molecule has 0 aliphatic carbocycles. The van der Waals surface area contributed by atoms with E-state index < -0.39 is 0 Å². The Morgan fingerprint density at radius 1 is 1.12 bits per heavy atom. The maximum atomic E-state index is 11.9. The lowest BCUT2D eigenvalue weighted by Crippen LogP contribution is -2.11. The second kappa shape index (κ2) is 4.45. The summed E-state index contributed by atoms with van der Waals surface area (Å²) in [5, 5.41) is 2.83. The van der Waals surface area contributed by atoms with Gasteiger partial charge in [0.1, 0.15) is 0 Å². The van der Waals surface area contributed by atoms with E-state index in [-0.39, 0.29) is 5.91 Å². The van der Waals surface area contributed by atoms with E-state index in [9.17, 15) is 4.79 Å². The summed E-state index contributed by atoms with van der Waals surface area (Å²) in [5.41, 5.74) is 3.97. The van der Waals surface area contributed by atoms with Gasteiger partial charge in [-0.25, -0.2) is 0 Å². The smallest absolute Gasteiger partial charge is 0.291 e. The molecule has 1 amide bonds. The van der Waals surface area contributed by atoms with Gasteiger partial charge in [-0.1, -0.05) is 17.7 Å². The van der Waals surface area contributed by atoms with Gasteiger partial charge in [-0.2, -0.15) is 0 Å². The number of carbonyl (C=O) groups is 1. The minimum absolute atomic E-state index is 0.218. The highest BCUT2D eigenvalue weighted by Crippen LogP contribution is 2.17. The molecule has 88 valence electrons. The van der Waals surface area contributed by atoms with Crippen LogP contribution in [0, 0.1) is 20.8 Å². The van der Waals surface area contributed by atoms with Crippen molar-refractivity contribution < 1.29 is 9.21 Å². The Hall–Kier alpha value is -2.03. The van der Waals surface area contributed by atoms with E-state index >= 15 is 0 Å². The van der Waals surface area contributed by atoms with Crippen molar-refractivity contribution in [2.45, 2.75) is 20.8 Å². The molecule has 17 heavy (non-hydrogen) atoms. The number of nitrogens with one attached hydrogen (secondary N) is 1. The summed E-state index contributed by atoms with van der Waals surface area (Å²) < 4.78 is 5.15. The van der Waals surface area contributed by atoms with Gasteiger partial charge in [-0.15, -0.1) is 0 Å². The maximum Gasteiger partial charge on any atom is 0.291 e. The topological polar surface area (TPSA) is 42.2 Å². The van der Waals surface area contributed by atoms with Crippen LogP contribution < -0.4 is 5.32 Å². The lowest BCUT2D eigenvalue weighted by atomic mass is 10.1. The summed E-state index contributed by atoms with van der Waals surface area (Å²) >= 11 is 0. The Balaban J connectivity index is 2.18. The first kappa shape index (κ1) is 11.5. The fourth-order valence-corrected chi connectivity index (χ4v) is 1.69. The zero-order chi connectivity index (χ0) is 12.4. The standard InChI is InChI=1S/C14H15NO2/c1-9-4-5-12(11(3)6-9)15-14(16)13-7-10(2)8-17-13/h4-8H,1-3H3,(H,15,16). The molecule has 0 saturated carbocycles. The fourth-order valence-electron chi connectivity index (χ4n) is 1.69. The molecule has 0 saturated heterocycles. The summed E-state index contributed by atoms with van der Waals surface area (Å²) in [6.07, 6.45) is 1.57. The molecule has 3 heteroatoms. The van der Waals surface area contributed by atoms with Crippen molar-refractivity contribution in [3.05, 3.63) is 53.0 Å². The van der Waals surface area contributed by atoms with Crippen LogP contribution in [-0.2, 0) is 0 Å². The molecule has 0 fully saturated rings. The number of aryl methyl sites for hydroxylation is 3. The van der Waals surface area contributed by atoms with Gasteiger partial charge in [-0.05, 0) is 44.0 Å². The Morgan fingerprint density at radius 3 is 2.47 bits per heavy atom. The second-order valence-electron chi connectivity index (χ2n) is 4.26. The van der Waals surface area contributed by atoms with Gasteiger partial charge in [0, 0.05) is 5.69 Å². The highest BCUT2D eigenvalue weighted by atomic mass is 16.3. The summed E-state index contributed by atoms with van der Waals surface area (Å²) in [6.45, 7) is 5.88. The molecule has 2 aromatic rings.